The van der Waals surface area contributed by atoms with Crippen LogP contribution in [0.3, 0.4) is 0 Å². The molecule has 7 nitrogen and oxygen atoms in total. The van der Waals surface area contributed by atoms with E-state index >= 15 is 0 Å². The number of benzene rings is 3. The quantitative estimate of drug-likeness (QED) is 0.410. The molecule has 3 aromatic carbocycles. The van der Waals surface area contributed by atoms with Crippen molar-refractivity contribution in [2.24, 2.45) is 0 Å². The standard InChI is InChI=1S/C24H24N2O5/c1-18-10-12-21(13-11-18)31-17-23(27)25-26-24(28)19-6-5-9-22(16-19)30-15-14-29-20-7-3-2-4-8-20/h2-13,16H,14-15,17H2,1H3,(H,25,27)(H,26,28). The highest BCUT2D eigenvalue weighted by Gasteiger charge is 2.09. The molecule has 31 heavy (non-hydrogen) atoms. The molecule has 0 radical (unpaired) electrons. The molecule has 0 bridgehead atoms. The van der Waals surface area contributed by atoms with Crippen LogP contribution in [0.2, 0.25) is 0 Å². The predicted octanol–water partition coefficient (Wildman–Crippen LogP) is 3.29. The SMILES string of the molecule is Cc1ccc(OCC(=O)NNC(=O)c2cccc(OCCOc3ccccc3)c2)cc1. The molecule has 7 heteroatoms. The number of amides is 2. The van der Waals surface area contributed by atoms with Gasteiger partial charge < -0.3 is 14.2 Å². The monoisotopic (exact) mass is 420 g/mol. The lowest BCUT2D eigenvalue weighted by Gasteiger charge is -2.11. The molecule has 0 saturated carbocycles. The van der Waals surface area contributed by atoms with E-state index < -0.39 is 11.8 Å². The van der Waals surface area contributed by atoms with Gasteiger partial charge in [-0.25, -0.2) is 0 Å². The first-order valence-electron chi connectivity index (χ1n) is 9.79. The summed E-state index contributed by atoms with van der Waals surface area (Å²) in [5, 5.41) is 0. The van der Waals surface area contributed by atoms with E-state index in [4.69, 9.17) is 14.2 Å². The van der Waals surface area contributed by atoms with Crippen LogP contribution in [0.15, 0.2) is 78.9 Å². The Morgan fingerprint density at radius 1 is 0.710 bits per heavy atom. The maximum absolute atomic E-state index is 12.3. The Labute approximate surface area is 180 Å². The summed E-state index contributed by atoms with van der Waals surface area (Å²) in [7, 11) is 0. The van der Waals surface area contributed by atoms with Crippen molar-refractivity contribution in [1.82, 2.24) is 10.9 Å². The third-order valence-corrected chi connectivity index (χ3v) is 4.17. The highest BCUT2D eigenvalue weighted by atomic mass is 16.5. The molecule has 0 atom stereocenters. The summed E-state index contributed by atoms with van der Waals surface area (Å²) in [4.78, 5) is 24.2. The van der Waals surface area contributed by atoms with Crippen molar-refractivity contribution in [3.63, 3.8) is 0 Å². The van der Waals surface area contributed by atoms with Crippen molar-refractivity contribution < 1.29 is 23.8 Å². The second-order valence-corrected chi connectivity index (χ2v) is 6.64. The van der Waals surface area contributed by atoms with Crippen molar-refractivity contribution >= 4 is 11.8 Å². The Hall–Kier alpha value is -4.00. The molecule has 0 spiro atoms. The molecule has 160 valence electrons. The molecule has 0 fully saturated rings. The minimum Gasteiger partial charge on any atom is -0.490 e. The van der Waals surface area contributed by atoms with Gasteiger partial charge in [0.1, 0.15) is 30.5 Å². The van der Waals surface area contributed by atoms with Crippen LogP contribution < -0.4 is 25.1 Å². The zero-order valence-electron chi connectivity index (χ0n) is 17.2. The third-order valence-electron chi connectivity index (χ3n) is 4.17. The molecule has 0 aliphatic heterocycles. The average molecular weight is 420 g/mol. The van der Waals surface area contributed by atoms with E-state index in [1.54, 1.807) is 36.4 Å². The lowest BCUT2D eigenvalue weighted by atomic mass is 10.2. The Morgan fingerprint density at radius 2 is 1.35 bits per heavy atom. The molecule has 0 aliphatic carbocycles. The number of hydrogen-bond acceptors (Lipinski definition) is 5. The fourth-order valence-corrected chi connectivity index (χ4v) is 2.58. The molecule has 2 N–H and O–H groups in total. The molecular formula is C24H24N2O5. The van der Waals surface area contributed by atoms with Gasteiger partial charge in [-0.1, -0.05) is 42.0 Å². The third kappa shape index (κ3) is 7.40. The first-order valence-corrected chi connectivity index (χ1v) is 9.79. The van der Waals surface area contributed by atoms with Crippen LogP contribution >= 0.6 is 0 Å². The number of carbonyl (C=O) groups excluding carboxylic acids is 2. The van der Waals surface area contributed by atoms with Gasteiger partial charge in [0, 0.05) is 5.56 Å². The van der Waals surface area contributed by atoms with Crippen LogP contribution in [-0.4, -0.2) is 31.6 Å². The van der Waals surface area contributed by atoms with Gasteiger partial charge in [-0.15, -0.1) is 0 Å². The largest absolute Gasteiger partial charge is 0.490 e. The van der Waals surface area contributed by atoms with Crippen LogP contribution in [0.25, 0.3) is 0 Å². The van der Waals surface area contributed by atoms with Crippen LogP contribution in [0.5, 0.6) is 17.2 Å². The number of ether oxygens (including phenoxy) is 3. The van der Waals surface area contributed by atoms with Crippen LogP contribution in [-0.2, 0) is 4.79 Å². The van der Waals surface area contributed by atoms with Gasteiger partial charge in [-0.2, -0.15) is 0 Å². The summed E-state index contributed by atoms with van der Waals surface area (Å²) in [5.41, 5.74) is 6.13. The van der Waals surface area contributed by atoms with Crippen molar-refractivity contribution in [2.75, 3.05) is 19.8 Å². The molecule has 3 rings (SSSR count). The zero-order valence-corrected chi connectivity index (χ0v) is 17.2. The Morgan fingerprint density at radius 3 is 2.10 bits per heavy atom. The minimum absolute atomic E-state index is 0.214. The number of carbonyl (C=O) groups is 2. The number of hydrazine groups is 1. The first kappa shape index (κ1) is 21.7. The topological polar surface area (TPSA) is 85.9 Å². The molecule has 0 aromatic heterocycles. The van der Waals surface area contributed by atoms with Gasteiger partial charge >= 0.3 is 0 Å². The van der Waals surface area contributed by atoms with Gasteiger partial charge in [-0.05, 0) is 49.4 Å². The number of aryl methyl sites for hydroxylation is 1. The Kier molecular flexibility index (Phi) is 7.88. The zero-order chi connectivity index (χ0) is 21.9. The lowest BCUT2D eigenvalue weighted by molar-refractivity contribution is -0.123. The highest BCUT2D eigenvalue weighted by molar-refractivity contribution is 5.95. The second-order valence-electron chi connectivity index (χ2n) is 6.64. The normalized spacial score (nSPS) is 10.1. The molecule has 0 aliphatic rings. The molecular weight excluding hydrogens is 396 g/mol. The fraction of sp³-hybridized carbons (Fsp3) is 0.167. The summed E-state index contributed by atoms with van der Waals surface area (Å²) >= 11 is 0. The van der Waals surface area contributed by atoms with Crippen molar-refractivity contribution in [1.29, 1.82) is 0 Å². The van der Waals surface area contributed by atoms with E-state index in [-0.39, 0.29) is 6.61 Å². The van der Waals surface area contributed by atoms with Gasteiger partial charge in [0.2, 0.25) is 0 Å². The lowest BCUT2D eigenvalue weighted by Crippen LogP contribution is -2.43. The molecule has 0 unspecified atom stereocenters. The van der Waals surface area contributed by atoms with E-state index in [0.717, 1.165) is 11.3 Å². The van der Waals surface area contributed by atoms with Crippen LogP contribution in [0.1, 0.15) is 15.9 Å². The predicted molar refractivity (Wildman–Crippen MR) is 116 cm³/mol. The van der Waals surface area contributed by atoms with Crippen molar-refractivity contribution in [3.05, 3.63) is 90.0 Å². The van der Waals surface area contributed by atoms with E-state index in [9.17, 15) is 9.59 Å². The van der Waals surface area contributed by atoms with Crippen LogP contribution in [0, 0.1) is 6.92 Å². The number of para-hydroxylation sites is 1. The Bertz CT molecular complexity index is 990. The van der Waals surface area contributed by atoms with Crippen molar-refractivity contribution in [2.45, 2.75) is 6.92 Å². The Balaban J connectivity index is 1.39. The summed E-state index contributed by atoms with van der Waals surface area (Å²) in [5.74, 6) is 0.932. The van der Waals surface area contributed by atoms with Crippen LogP contribution in [0.4, 0.5) is 0 Å². The van der Waals surface area contributed by atoms with E-state index in [1.807, 2.05) is 49.4 Å². The molecule has 2 amide bonds. The number of nitrogens with one attached hydrogen (secondary N) is 2. The number of rotatable bonds is 9. The summed E-state index contributed by atoms with van der Waals surface area (Å²) in [6.45, 7) is 2.45. The van der Waals surface area contributed by atoms with E-state index in [0.29, 0.717) is 30.3 Å². The average Bonchev–Trinajstić information content (AvgIpc) is 2.81. The summed E-state index contributed by atoms with van der Waals surface area (Å²) < 4.78 is 16.6. The summed E-state index contributed by atoms with van der Waals surface area (Å²) in [6.07, 6.45) is 0. The molecule has 3 aromatic rings. The van der Waals surface area contributed by atoms with Gasteiger partial charge in [0.05, 0.1) is 0 Å². The van der Waals surface area contributed by atoms with Gasteiger partial charge in [0.15, 0.2) is 6.61 Å². The van der Waals surface area contributed by atoms with Gasteiger partial charge in [-0.3, -0.25) is 20.4 Å². The maximum atomic E-state index is 12.3. The summed E-state index contributed by atoms with van der Waals surface area (Å²) in [6, 6.07) is 23.4. The molecule has 0 heterocycles. The van der Waals surface area contributed by atoms with Gasteiger partial charge in [0.25, 0.3) is 11.8 Å². The second kappa shape index (κ2) is 11.3. The smallest absolute Gasteiger partial charge is 0.276 e. The number of hydrogen-bond donors (Lipinski definition) is 2. The van der Waals surface area contributed by atoms with Crippen molar-refractivity contribution in [3.8, 4) is 17.2 Å². The maximum Gasteiger partial charge on any atom is 0.276 e. The molecule has 0 saturated heterocycles. The minimum atomic E-state index is -0.473. The highest BCUT2D eigenvalue weighted by Crippen LogP contribution is 2.14. The fourth-order valence-electron chi connectivity index (χ4n) is 2.58. The van der Waals surface area contributed by atoms with E-state index in [1.165, 1.54) is 0 Å². The first-order chi connectivity index (χ1) is 15.1. The van der Waals surface area contributed by atoms with E-state index in [2.05, 4.69) is 10.9 Å².